The van der Waals surface area contributed by atoms with Crippen molar-refractivity contribution in [3.63, 3.8) is 0 Å². The molecule has 1 aromatic carbocycles. The Morgan fingerprint density at radius 3 is 3.14 bits per heavy atom. The maximum Gasteiger partial charge on any atom is 0.322 e. The summed E-state index contributed by atoms with van der Waals surface area (Å²) in [5.41, 5.74) is 1.45. The molecule has 0 radical (unpaired) electrons. The smallest absolute Gasteiger partial charge is 0.322 e. The Morgan fingerprint density at radius 2 is 2.38 bits per heavy atom. The summed E-state index contributed by atoms with van der Waals surface area (Å²) in [6, 6.07) is 7.24. The van der Waals surface area contributed by atoms with Crippen molar-refractivity contribution < 1.29 is 13.9 Å². The highest BCUT2D eigenvalue weighted by Crippen LogP contribution is 2.21. The van der Waals surface area contributed by atoms with E-state index in [0.29, 0.717) is 31.3 Å². The molecule has 110 valence electrons. The minimum atomic E-state index is -0.131. The van der Waals surface area contributed by atoms with Crippen molar-refractivity contribution in [3.05, 3.63) is 30.7 Å². The Labute approximate surface area is 121 Å². The number of benzene rings is 1. The summed E-state index contributed by atoms with van der Waals surface area (Å²) in [5.74, 6) is 0.422. The summed E-state index contributed by atoms with van der Waals surface area (Å²) < 4.78 is 10.5. The van der Waals surface area contributed by atoms with Crippen LogP contribution in [-0.4, -0.2) is 46.9 Å². The van der Waals surface area contributed by atoms with Gasteiger partial charge in [-0.1, -0.05) is 6.07 Å². The number of carbonyl (C=O) groups is 1. The molecule has 1 aromatic heterocycles. The second-order valence-corrected chi connectivity index (χ2v) is 4.87. The van der Waals surface area contributed by atoms with E-state index < -0.39 is 0 Å². The van der Waals surface area contributed by atoms with Gasteiger partial charge in [-0.05, 0) is 25.1 Å². The highest BCUT2D eigenvalue weighted by molar-refractivity contribution is 5.90. The Hall–Kier alpha value is -2.41. The number of anilines is 1. The van der Waals surface area contributed by atoms with E-state index in [1.54, 1.807) is 11.0 Å². The summed E-state index contributed by atoms with van der Waals surface area (Å²) in [5, 5.41) is 10.4. The van der Waals surface area contributed by atoms with Crippen LogP contribution in [0.2, 0.25) is 0 Å². The lowest BCUT2D eigenvalue weighted by Gasteiger charge is -2.33. The molecule has 0 bridgehead atoms. The molecule has 1 aliphatic heterocycles. The van der Waals surface area contributed by atoms with Crippen LogP contribution in [0.1, 0.15) is 6.92 Å². The molecule has 0 unspecified atom stereocenters. The number of ether oxygens (including phenoxy) is 1. The van der Waals surface area contributed by atoms with Crippen LogP contribution in [0.15, 0.2) is 35.1 Å². The molecule has 0 saturated carbocycles. The number of morpholine rings is 1. The molecular weight excluding hydrogens is 272 g/mol. The predicted octanol–water partition coefficient (Wildman–Crippen LogP) is 1.99. The van der Waals surface area contributed by atoms with Crippen LogP contribution in [0, 0.1) is 0 Å². The van der Waals surface area contributed by atoms with Gasteiger partial charge < -0.3 is 19.4 Å². The van der Waals surface area contributed by atoms with Crippen molar-refractivity contribution in [2.24, 2.45) is 0 Å². The maximum absolute atomic E-state index is 12.3. The van der Waals surface area contributed by atoms with Crippen molar-refractivity contribution >= 4 is 11.7 Å². The van der Waals surface area contributed by atoms with Gasteiger partial charge in [0.15, 0.2) is 0 Å². The lowest BCUT2D eigenvalue weighted by Crippen LogP contribution is -2.48. The molecule has 21 heavy (non-hydrogen) atoms. The Bertz CT molecular complexity index is 614. The lowest BCUT2D eigenvalue weighted by atomic mass is 10.2. The molecule has 1 N–H and O–H groups in total. The molecule has 1 fully saturated rings. The number of nitrogens with one attached hydrogen (secondary N) is 1. The van der Waals surface area contributed by atoms with Crippen LogP contribution in [-0.2, 0) is 4.74 Å². The zero-order valence-corrected chi connectivity index (χ0v) is 11.7. The van der Waals surface area contributed by atoms with E-state index in [4.69, 9.17) is 9.15 Å². The molecule has 2 amide bonds. The topological polar surface area (TPSA) is 80.5 Å². The van der Waals surface area contributed by atoms with Gasteiger partial charge in [0, 0.05) is 17.8 Å². The van der Waals surface area contributed by atoms with Crippen LogP contribution in [0.3, 0.4) is 0 Å². The molecular formula is C14H16N4O3. The fraction of sp³-hybridized carbons (Fsp3) is 0.357. The number of aromatic nitrogens is 2. The Morgan fingerprint density at radius 1 is 1.48 bits per heavy atom. The van der Waals surface area contributed by atoms with Crippen LogP contribution in [0.5, 0.6) is 0 Å². The molecule has 0 spiro atoms. The molecule has 7 nitrogen and oxygen atoms in total. The standard InChI is InChI=1S/C14H16N4O3/c1-10-8-20-6-5-18(10)14(19)16-12-4-2-3-11(7-12)13-17-15-9-21-13/h2-4,7,9-10H,5-6,8H2,1H3,(H,16,19)/t10-/m1/s1. The summed E-state index contributed by atoms with van der Waals surface area (Å²) in [6.07, 6.45) is 1.27. The quantitative estimate of drug-likeness (QED) is 0.914. The van der Waals surface area contributed by atoms with E-state index in [1.807, 2.05) is 25.1 Å². The van der Waals surface area contributed by atoms with E-state index in [2.05, 4.69) is 15.5 Å². The van der Waals surface area contributed by atoms with E-state index in [-0.39, 0.29) is 12.1 Å². The first-order valence-corrected chi connectivity index (χ1v) is 6.76. The van der Waals surface area contributed by atoms with Crippen LogP contribution in [0.25, 0.3) is 11.5 Å². The number of hydrogen-bond donors (Lipinski definition) is 1. The third kappa shape index (κ3) is 3.03. The number of rotatable bonds is 2. The summed E-state index contributed by atoms with van der Waals surface area (Å²) in [7, 11) is 0. The van der Waals surface area contributed by atoms with Crippen LogP contribution >= 0.6 is 0 Å². The van der Waals surface area contributed by atoms with Crippen molar-refractivity contribution in [1.82, 2.24) is 15.1 Å². The van der Waals surface area contributed by atoms with Gasteiger partial charge in [-0.2, -0.15) is 0 Å². The third-order valence-electron chi connectivity index (χ3n) is 3.35. The maximum atomic E-state index is 12.3. The van der Waals surface area contributed by atoms with Gasteiger partial charge in [0.2, 0.25) is 12.3 Å². The summed E-state index contributed by atoms with van der Waals surface area (Å²) >= 11 is 0. The van der Waals surface area contributed by atoms with Gasteiger partial charge in [0.05, 0.1) is 19.3 Å². The fourth-order valence-electron chi connectivity index (χ4n) is 2.25. The Kier molecular flexibility index (Phi) is 3.83. The number of hydrogen-bond acceptors (Lipinski definition) is 5. The van der Waals surface area contributed by atoms with Gasteiger partial charge in [-0.25, -0.2) is 4.79 Å². The first-order valence-electron chi connectivity index (χ1n) is 6.76. The summed E-state index contributed by atoms with van der Waals surface area (Å²) in [6.45, 7) is 3.69. The van der Waals surface area contributed by atoms with Gasteiger partial charge in [0.1, 0.15) is 0 Å². The highest BCUT2D eigenvalue weighted by Gasteiger charge is 2.23. The van der Waals surface area contributed by atoms with Crippen molar-refractivity contribution in [3.8, 4) is 11.5 Å². The zero-order valence-electron chi connectivity index (χ0n) is 11.7. The van der Waals surface area contributed by atoms with E-state index in [9.17, 15) is 4.79 Å². The van der Waals surface area contributed by atoms with Gasteiger partial charge in [0.25, 0.3) is 0 Å². The average Bonchev–Trinajstić information content (AvgIpc) is 3.02. The predicted molar refractivity (Wildman–Crippen MR) is 75.7 cm³/mol. The van der Waals surface area contributed by atoms with E-state index >= 15 is 0 Å². The molecule has 1 aliphatic rings. The molecule has 1 saturated heterocycles. The minimum absolute atomic E-state index is 0.0675. The van der Waals surface area contributed by atoms with Gasteiger partial charge in [-0.3, -0.25) is 0 Å². The summed E-state index contributed by atoms with van der Waals surface area (Å²) in [4.78, 5) is 14.1. The molecule has 1 atom stereocenters. The molecule has 2 aromatic rings. The molecule has 7 heteroatoms. The van der Waals surface area contributed by atoms with E-state index in [0.717, 1.165) is 5.56 Å². The van der Waals surface area contributed by atoms with Crippen LogP contribution in [0.4, 0.5) is 10.5 Å². The highest BCUT2D eigenvalue weighted by atomic mass is 16.5. The number of nitrogens with zero attached hydrogens (tertiary/aromatic N) is 3. The minimum Gasteiger partial charge on any atom is -0.423 e. The SMILES string of the molecule is C[C@@H]1COCCN1C(=O)Nc1cccc(-c2nnco2)c1. The molecule has 0 aliphatic carbocycles. The number of urea groups is 1. The monoisotopic (exact) mass is 288 g/mol. The average molecular weight is 288 g/mol. The second kappa shape index (κ2) is 5.92. The van der Waals surface area contributed by atoms with Crippen LogP contribution < -0.4 is 5.32 Å². The van der Waals surface area contributed by atoms with Gasteiger partial charge in [-0.15, -0.1) is 10.2 Å². The number of carbonyl (C=O) groups excluding carboxylic acids is 1. The zero-order chi connectivity index (χ0) is 14.7. The Balaban J connectivity index is 1.73. The normalized spacial score (nSPS) is 18.5. The second-order valence-electron chi connectivity index (χ2n) is 4.87. The van der Waals surface area contributed by atoms with Gasteiger partial charge >= 0.3 is 6.03 Å². The first kappa shape index (κ1) is 13.6. The molecule has 3 rings (SSSR count). The third-order valence-corrected chi connectivity index (χ3v) is 3.35. The van der Waals surface area contributed by atoms with Crippen molar-refractivity contribution in [2.75, 3.05) is 25.1 Å². The lowest BCUT2D eigenvalue weighted by molar-refractivity contribution is 0.0222. The van der Waals surface area contributed by atoms with Crippen molar-refractivity contribution in [2.45, 2.75) is 13.0 Å². The van der Waals surface area contributed by atoms with E-state index in [1.165, 1.54) is 6.39 Å². The fourth-order valence-corrected chi connectivity index (χ4v) is 2.25. The largest absolute Gasteiger partial charge is 0.423 e. The first-order chi connectivity index (χ1) is 10.2. The van der Waals surface area contributed by atoms with Crippen molar-refractivity contribution in [1.29, 1.82) is 0 Å². The molecule has 2 heterocycles. The number of amides is 2.